The maximum Gasteiger partial charge on any atom is 0.340 e. The number of aromatic nitrogens is 2. The minimum Gasteiger partial charge on any atom is -0.451 e. The molecule has 3 rings (SSSR count). The molecule has 1 N–H and O–H groups in total. The average molecular weight is 399 g/mol. The predicted molar refractivity (Wildman–Crippen MR) is 94.9 cm³/mol. The number of halogens is 3. The van der Waals surface area contributed by atoms with E-state index in [0.717, 1.165) is 10.4 Å². The third kappa shape index (κ3) is 3.22. The van der Waals surface area contributed by atoms with Crippen molar-refractivity contribution < 1.29 is 18.3 Å². The smallest absolute Gasteiger partial charge is 0.340 e. The molecule has 9 heteroatoms. The molecule has 2 heterocycles. The first kappa shape index (κ1) is 18.5. The molecule has 0 unspecified atom stereocenters. The van der Waals surface area contributed by atoms with Crippen LogP contribution in [0.2, 0.25) is 5.02 Å². The van der Waals surface area contributed by atoms with Crippen molar-refractivity contribution in [2.45, 2.75) is 26.9 Å². The quantitative estimate of drug-likeness (QED) is 0.522. The van der Waals surface area contributed by atoms with Crippen LogP contribution in [0.25, 0.3) is 10.2 Å². The summed E-state index contributed by atoms with van der Waals surface area (Å²) in [6, 6.07) is 1.36. The first-order valence-corrected chi connectivity index (χ1v) is 8.74. The maximum absolute atomic E-state index is 13.3. The molecule has 0 radical (unpaired) electrons. The van der Waals surface area contributed by atoms with Crippen molar-refractivity contribution in [3.8, 4) is 0 Å². The summed E-state index contributed by atoms with van der Waals surface area (Å²) in [5, 5.41) is 0.223. The number of esters is 1. The van der Waals surface area contributed by atoms with Crippen LogP contribution in [-0.2, 0) is 4.74 Å². The van der Waals surface area contributed by atoms with E-state index in [1.165, 1.54) is 18.3 Å². The minimum absolute atomic E-state index is 0.149. The van der Waals surface area contributed by atoms with Crippen molar-refractivity contribution >= 4 is 39.1 Å². The van der Waals surface area contributed by atoms with E-state index in [1.807, 2.05) is 13.8 Å². The summed E-state index contributed by atoms with van der Waals surface area (Å²) in [7, 11) is 0. The van der Waals surface area contributed by atoms with Crippen LogP contribution in [0.4, 0.5) is 8.78 Å². The molecule has 136 valence electrons. The molecule has 1 atom stereocenters. The Balaban J connectivity index is 1.92. The third-order valence-corrected chi connectivity index (χ3v) is 5.37. The van der Waals surface area contributed by atoms with E-state index < -0.39 is 23.7 Å². The zero-order valence-electron chi connectivity index (χ0n) is 13.9. The second-order valence-corrected chi connectivity index (χ2v) is 7.32. The Morgan fingerprint density at radius 1 is 1.31 bits per heavy atom. The van der Waals surface area contributed by atoms with Crippen molar-refractivity contribution in [1.29, 1.82) is 0 Å². The Kier molecular flexibility index (Phi) is 4.81. The summed E-state index contributed by atoms with van der Waals surface area (Å²) in [4.78, 5) is 32.9. The van der Waals surface area contributed by atoms with E-state index in [1.54, 1.807) is 0 Å². The van der Waals surface area contributed by atoms with Gasteiger partial charge in [-0.1, -0.05) is 11.6 Å². The summed E-state index contributed by atoms with van der Waals surface area (Å²) >= 11 is 7.13. The van der Waals surface area contributed by atoms with Crippen molar-refractivity contribution in [2.24, 2.45) is 0 Å². The van der Waals surface area contributed by atoms with Gasteiger partial charge in [0.1, 0.15) is 4.83 Å². The standard InChI is InChI=1S/C17H13ClF2N2O3S/c1-6-8(3)26-16-13(6)15(23)21-14(22-16)7(2)25-17(24)9-4-11(19)12(20)5-10(9)18/h4-5,7H,1-3H3,(H,21,22,23)/t7-/m1/s1. The highest BCUT2D eigenvalue weighted by Crippen LogP contribution is 2.28. The fourth-order valence-electron chi connectivity index (χ4n) is 2.42. The number of aryl methyl sites for hydroxylation is 2. The van der Waals surface area contributed by atoms with Gasteiger partial charge in [-0.25, -0.2) is 18.6 Å². The van der Waals surface area contributed by atoms with E-state index >= 15 is 0 Å². The number of fused-ring (bicyclic) bond motifs is 1. The molecular weight excluding hydrogens is 386 g/mol. The highest BCUT2D eigenvalue weighted by molar-refractivity contribution is 7.18. The van der Waals surface area contributed by atoms with Crippen LogP contribution < -0.4 is 5.56 Å². The number of carbonyl (C=O) groups excluding carboxylic acids is 1. The predicted octanol–water partition coefficient (Wildman–Crippen LogP) is 4.45. The molecule has 1 aromatic carbocycles. The molecule has 5 nitrogen and oxygen atoms in total. The Morgan fingerprint density at radius 2 is 1.96 bits per heavy atom. The van der Waals surface area contributed by atoms with Crippen LogP contribution in [0.15, 0.2) is 16.9 Å². The largest absolute Gasteiger partial charge is 0.451 e. The zero-order valence-corrected chi connectivity index (χ0v) is 15.5. The first-order valence-electron chi connectivity index (χ1n) is 7.54. The van der Waals surface area contributed by atoms with Crippen LogP contribution in [0, 0.1) is 25.5 Å². The lowest BCUT2D eigenvalue weighted by Crippen LogP contribution is -2.17. The third-order valence-electron chi connectivity index (χ3n) is 3.96. The van der Waals surface area contributed by atoms with Gasteiger partial charge in [-0.15, -0.1) is 11.3 Å². The van der Waals surface area contributed by atoms with Crippen LogP contribution in [0.3, 0.4) is 0 Å². The number of aromatic amines is 1. The molecule has 0 aliphatic carbocycles. The van der Waals surface area contributed by atoms with E-state index in [2.05, 4.69) is 9.97 Å². The summed E-state index contributed by atoms with van der Waals surface area (Å²) in [6.07, 6.45) is -0.925. The molecule has 0 fully saturated rings. The lowest BCUT2D eigenvalue weighted by atomic mass is 10.2. The number of hydrogen-bond acceptors (Lipinski definition) is 5. The average Bonchev–Trinajstić information content (AvgIpc) is 2.85. The normalized spacial score (nSPS) is 12.4. The number of ether oxygens (including phenoxy) is 1. The molecule has 0 amide bonds. The fraction of sp³-hybridized carbons (Fsp3) is 0.235. The van der Waals surface area contributed by atoms with E-state index in [4.69, 9.17) is 16.3 Å². The monoisotopic (exact) mass is 398 g/mol. The van der Waals surface area contributed by atoms with Gasteiger partial charge < -0.3 is 9.72 Å². The molecule has 0 aliphatic rings. The number of rotatable bonds is 3. The summed E-state index contributed by atoms with van der Waals surface area (Å²) in [5.74, 6) is -3.19. The summed E-state index contributed by atoms with van der Waals surface area (Å²) in [5.41, 5.74) is 0.202. The van der Waals surface area contributed by atoms with E-state index in [0.29, 0.717) is 22.3 Å². The topological polar surface area (TPSA) is 72.0 Å². The summed E-state index contributed by atoms with van der Waals surface area (Å²) in [6.45, 7) is 5.22. The van der Waals surface area contributed by atoms with Gasteiger partial charge in [0, 0.05) is 4.88 Å². The van der Waals surface area contributed by atoms with Gasteiger partial charge in [0.15, 0.2) is 23.6 Å². The number of benzene rings is 1. The van der Waals surface area contributed by atoms with Gasteiger partial charge in [0.25, 0.3) is 5.56 Å². The maximum atomic E-state index is 13.3. The lowest BCUT2D eigenvalue weighted by Gasteiger charge is -2.13. The Morgan fingerprint density at radius 3 is 2.65 bits per heavy atom. The molecule has 2 aromatic heterocycles. The van der Waals surface area contributed by atoms with Gasteiger partial charge in [-0.3, -0.25) is 4.79 Å². The van der Waals surface area contributed by atoms with Crippen LogP contribution in [0.5, 0.6) is 0 Å². The number of nitrogens with zero attached hydrogens (tertiary/aromatic N) is 1. The second kappa shape index (κ2) is 6.77. The van der Waals surface area contributed by atoms with E-state index in [-0.39, 0.29) is 22.0 Å². The Bertz CT molecular complexity index is 1090. The molecule has 0 saturated carbocycles. The number of carbonyl (C=O) groups is 1. The second-order valence-electron chi connectivity index (χ2n) is 5.71. The molecule has 0 spiro atoms. The van der Waals surface area contributed by atoms with Crippen molar-refractivity contribution in [3.05, 3.63) is 61.0 Å². The van der Waals surface area contributed by atoms with Crippen molar-refractivity contribution in [1.82, 2.24) is 9.97 Å². The number of H-pyrrole nitrogens is 1. The molecule has 0 aliphatic heterocycles. The number of nitrogens with one attached hydrogen (secondary N) is 1. The minimum atomic E-state index is -1.22. The lowest BCUT2D eigenvalue weighted by molar-refractivity contribution is 0.0319. The molecule has 26 heavy (non-hydrogen) atoms. The zero-order chi connectivity index (χ0) is 19.2. The summed E-state index contributed by atoms with van der Waals surface area (Å²) < 4.78 is 31.7. The fourth-order valence-corrected chi connectivity index (χ4v) is 3.69. The molecule has 0 saturated heterocycles. The number of hydrogen-bond donors (Lipinski definition) is 1. The first-order chi connectivity index (χ1) is 12.2. The van der Waals surface area contributed by atoms with Gasteiger partial charge in [-0.05, 0) is 38.5 Å². The Hall–Kier alpha value is -2.32. The SMILES string of the molecule is Cc1sc2nc([C@@H](C)OC(=O)c3cc(F)c(F)cc3Cl)[nH]c(=O)c2c1C. The molecule has 0 bridgehead atoms. The van der Waals surface area contributed by atoms with E-state index in [9.17, 15) is 18.4 Å². The van der Waals surface area contributed by atoms with Gasteiger partial charge in [0.2, 0.25) is 0 Å². The Labute approximate surface area is 155 Å². The van der Waals surface area contributed by atoms with Gasteiger partial charge in [-0.2, -0.15) is 0 Å². The van der Waals surface area contributed by atoms with Crippen LogP contribution in [0.1, 0.15) is 39.7 Å². The van der Waals surface area contributed by atoms with Crippen molar-refractivity contribution in [3.63, 3.8) is 0 Å². The van der Waals surface area contributed by atoms with Crippen molar-refractivity contribution in [2.75, 3.05) is 0 Å². The van der Waals surface area contributed by atoms with Gasteiger partial charge in [0.05, 0.1) is 16.0 Å². The molecule has 3 aromatic rings. The van der Waals surface area contributed by atoms with Gasteiger partial charge >= 0.3 is 5.97 Å². The highest BCUT2D eigenvalue weighted by Gasteiger charge is 2.22. The molecular formula is C17H13ClF2N2O3S. The number of thiophene rings is 1. The van der Waals surface area contributed by atoms with Crippen LogP contribution >= 0.6 is 22.9 Å². The van der Waals surface area contributed by atoms with Crippen LogP contribution in [-0.4, -0.2) is 15.9 Å². The highest BCUT2D eigenvalue weighted by atomic mass is 35.5.